The molecule has 0 aliphatic heterocycles. The molecule has 1 saturated carbocycles. The highest BCUT2D eigenvalue weighted by Gasteiger charge is 2.35. The van der Waals surface area contributed by atoms with Crippen molar-refractivity contribution in [2.24, 2.45) is 5.92 Å². The summed E-state index contributed by atoms with van der Waals surface area (Å²) >= 11 is 0. The van der Waals surface area contributed by atoms with Gasteiger partial charge in [0, 0.05) is 6.04 Å². The van der Waals surface area contributed by atoms with Gasteiger partial charge >= 0.3 is 0 Å². The lowest BCUT2D eigenvalue weighted by molar-refractivity contribution is 0.414. The highest BCUT2D eigenvalue weighted by molar-refractivity contribution is 7.89. The van der Waals surface area contributed by atoms with Crippen molar-refractivity contribution in [1.82, 2.24) is 4.72 Å². The minimum atomic E-state index is -3.96. The van der Waals surface area contributed by atoms with Crippen LogP contribution < -0.4 is 9.46 Å². The minimum Gasteiger partial charge on any atom is -0.497 e. The van der Waals surface area contributed by atoms with Crippen molar-refractivity contribution in [3.8, 4) is 5.75 Å². The summed E-state index contributed by atoms with van der Waals surface area (Å²) < 4.78 is 59.1. The van der Waals surface area contributed by atoms with Crippen molar-refractivity contribution >= 4 is 10.0 Å². The number of nitrogens with one attached hydrogen (secondary N) is 1. The Kier molecular flexibility index (Phi) is 4.56. The summed E-state index contributed by atoms with van der Waals surface area (Å²) in [5, 5.41) is 0. The summed E-state index contributed by atoms with van der Waals surface area (Å²) in [7, 11) is -2.40. The van der Waals surface area contributed by atoms with E-state index in [1.54, 1.807) is 31.4 Å². The molecule has 1 unspecified atom stereocenters. The molecular weight excluding hydrogens is 336 g/mol. The number of sulfonamides is 1. The van der Waals surface area contributed by atoms with E-state index < -0.39 is 27.7 Å². The van der Waals surface area contributed by atoms with E-state index in [0.29, 0.717) is 11.8 Å². The Morgan fingerprint density at radius 2 is 1.75 bits per heavy atom. The number of halogens is 2. The van der Waals surface area contributed by atoms with Gasteiger partial charge in [0.05, 0.1) is 12.0 Å². The van der Waals surface area contributed by atoms with Gasteiger partial charge in [-0.3, -0.25) is 0 Å². The monoisotopic (exact) mass is 353 g/mol. The van der Waals surface area contributed by atoms with Crippen LogP contribution in [-0.4, -0.2) is 15.5 Å². The van der Waals surface area contributed by atoms with Crippen molar-refractivity contribution < 1.29 is 21.9 Å². The van der Waals surface area contributed by atoms with Crippen LogP contribution in [0.2, 0.25) is 0 Å². The summed E-state index contributed by atoms with van der Waals surface area (Å²) in [6, 6.07) is 9.27. The summed E-state index contributed by atoms with van der Waals surface area (Å²) in [6.45, 7) is 0. The predicted molar refractivity (Wildman–Crippen MR) is 85.1 cm³/mol. The summed E-state index contributed by atoms with van der Waals surface area (Å²) in [4.78, 5) is -0.291. The lowest BCUT2D eigenvalue weighted by Gasteiger charge is -2.19. The van der Waals surface area contributed by atoms with E-state index >= 15 is 0 Å². The largest absolute Gasteiger partial charge is 0.497 e. The molecule has 2 aromatic rings. The number of rotatable bonds is 6. The fraction of sp³-hybridized carbons (Fsp3) is 0.294. The Balaban J connectivity index is 1.88. The molecule has 0 radical (unpaired) electrons. The van der Waals surface area contributed by atoms with Crippen LogP contribution in [0.5, 0.6) is 5.75 Å². The molecule has 0 aromatic heterocycles. The molecule has 3 rings (SSSR count). The van der Waals surface area contributed by atoms with Crippen LogP contribution in [-0.2, 0) is 10.0 Å². The van der Waals surface area contributed by atoms with Gasteiger partial charge in [-0.15, -0.1) is 0 Å². The molecule has 0 amide bonds. The van der Waals surface area contributed by atoms with Gasteiger partial charge in [-0.1, -0.05) is 12.1 Å². The molecule has 1 N–H and O–H groups in total. The van der Waals surface area contributed by atoms with Crippen molar-refractivity contribution in [2.45, 2.75) is 23.8 Å². The molecule has 0 saturated heterocycles. The van der Waals surface area contributed by atoms with Crippen molar-refractivity contribution in [1.29, 1.82) is 0 Å². The SMILES string of the molecule is COc1ccc(C(NS(=O)(=O)c2ccc(F)c(F)c2)C2CC2)cc1. The highest BCUT2D eigenvalue weighted by Crippen LogP contribution is 2.42. The van der Waals surface area contributed by atoms with Gasteiger partial charge in [0.15, 0.2) is 11.6 Å². The number of benzene rings is 2. The number of methoxy groups -OCH3 is 1. The average molecular weight is 353 g/mol. The standard InChI is InChI=1S/C17H17F2NO3S/c1-23-13-6-4-12(5-7-13)17(11-2-3-11)20-24(21,22)14-8-9-15(18)16(19)10-14/h4-11,17,20H,2-3H2,1H3. The van der Waals surface area contributed by atoms with Gasteiger partial charge in [-0.25, -0.2) is 21.9 Å². The third-order valence-corrected chi connectivity index (χ3v) is 5.49. The van der Waals surface area contributed by atoms with Crippen LogP contribution in [0.3, 0.4) is 0 Å². The second-order valence-corrected chi connectivity index (χ2v) is 7.50. The normalized spacial score (nSPS) is 16.0. The van der Waals surface area contributed by atoms with Crippen molar-refractivity contribution in [3.63, 3.8) is 0 Å². The van der Waals surface area contributed by atoms with Crippen LogP contribution >= 0.6 is 0 Å². The Morgan fingerprint density at radius 3 is 2.29 bits per heavy atom. The Morgan fingerprint density at radius 1 is 1.08 bits per heavy atom. The molecule has 0 spiro atoms. The van der Waals surface area contributed by atoms with Gasteiger partial charge in [-0.05, 0) is 54.7 Å². The Hall–Kier alpha value is -1.99. The summed E-state index contributed by atoms with van der Waals surface area (Å²) in [5.74, 6) is -1.40. The average Bonchev–Trinajstić information content (AvgIpc) is 3.40. The van der Waals surface area contributed by atoms with E-state index in [1.165, 1.54) is 0 Å². The minimum absolute atomic E-state index is 0.193. The molecule has 1 aliphatic carbocycles. The van der Waals surface area contributed by atoms with Crippen LogP contribution in [0.1, 0.15) is 24.4 Å². The van der Waals surface area contributed by atoms with E-state index in [1.807, 2.05) is 0 Å². The van der Waals surface area contributed by atoms with Gasteiger partial charge in [0.1, 0.15) is 5.75 Å². The van der Waals surface area contributed by atoms with Crippen LogP contribution in [0.15, 0.2) is 47.4 Å². The number of hydrogen-bond acceptors (Lipinski definition) is 3. The van der Waals surface area contributed by atoms with E-state index in [4.69, 9.17) is 4.74 Å². The molecule has 0 heterocycles. The van der Waals surface area contributed by atoms with Crippen LogP contribution in [0.25, 0.3) is 0 Å². The zero-order chi connectivity index (χ0) is 17.3. The maximum Gasteiger partial charge on any atom is 0.241 e. The molecule has 1 atom stereocenters. The van der Waals surface area contributed by atoms with Gasteiger partial charge < -0.3 is 4.74 Å². The van der Waals surface area contributed by atoms with Crippen LogP contribution in [0.4, 0.5) is 8.78 Å². The molecule has 1 fully saturated rings. The Labute approximate surface area is 139 Å². The van der Waals surface area contributed by atoms with Crippen molar-refractivity contribution in [3.05, 3.63) is 59.7 Å². The third-order valence-electron chi connectivity index (χ3n) is 4.05. The predicted octanol–water partition coefficient (Wildman–Crippen LogP) is 3.40. The lowest BCUT2D eigenvalue weighted by Crippen LogP contribution is -2.30. The topological polar surface area (TPSA) is 55.4 Å². The molecule has 0 bridgehead atoms. The molecular formula is C17H17F2NO3S. The quantitative estimate of drug-likeness (QED) is 0.866. The third kappa shape index (κ3) is 3.57. The molecule has 4 nitrogen and oxygen atoms in total. The van der Waals surface area contributed by atoms with Crippen molar-refractivity contribution in [2.75, 3.05) is 7.11 Å². The highest BCUT2D eigenvalue weighted by atomic mass is 32.2. The summed E-state index contributed by atoms with van der Waals surface area (Å²) in [6.07, 6.45) is 1.83. The second kappa shape index (κ2) is 6.49. The number of hydrogen-bond donors (Lipinski definition) is 1. The fourth-order valence-electron chi connectivity index (χ4n) is 2.56. The van der Waals surface area contributed by atoms with Gasteiger partial charge in [-0.2, -0.15) is 0 Å². The first-order valence-corrected chi connectivity index (χ1v) is 9.00. The number of ether oxygens (including phenoxy) is 1. The molecule has 24 heavy (non-hydrogen) atoms. The molecule has 7 heteroatoms. The van der Waals surface area contributed by atoms with E-state index in [2.05, 4.69) is 4.72 Å². The van der Waals surface area contributed by atoms with Gasteiger partial charge in [0.2, 0.25) is 10.0 Å². The maximum atomic E-state index is 13.3. The second-order valence-electron chi connectivity index (χ2n) is 5.79. The summed E-state index contributed by atoms with van der Waals surface area (Å²) in [5.41, 5.74) is 0.810. The zero-order valence-corrected chi connectivity index (χ0v) is 13.8. The van der Waals surface area contributed by atoms with Gasteiger partial charge in [0.25, 0.3) is 0 Å². The smallest absolute Gasteiger partial charge is 0.241 e. The molecule has 1 aliphatic rings. The fourth-order valence-corrected chi connectivity index (χ4v) is 3.86. The maximum absolute atomic E-state index is 13.3. The first kappa shape index (κ1) is 16.9. The molecule has 2 aromatic carbocycles. The molecule has 128 valence electrons. The van der Waals surface area contributed by atoms with E-state index in [9.17, 15) is 17.2 Å². The lowest BCUT2D eigenvalue weighted by atomic mass is 10.0. The zero-order valence-electron chi connectivity index (χ0n) is 13.0. The first-order chi connectivity index (χ1) is 11.4. The van der Waals surface area contributed by atoms with Crippen LogP contribution in [0, 0.1) is 17.6 Å². The van der Waals surface area contributed by atoms with E-state index in [0.717, 1.165) is 30.5 Å². The van der Waals surface area contributed by atoms with E-state index in [-0.39, 0.29) is 10.8 Å². The Bertz CT molecular complexity index is 833. The first-order valence-electron chi connectivity index (χ1n) is 7.52.